The summed E-state index contributed by atoms with van der Waals surface area (Å²) in [7, 11) is 1.27. The summed E-state index contributed by atoms with van der Waals surface area (Å²) < 4.78 is 0. The van der Waals surface area contributed by atoms with Gasteiger partial charge in [0.15, 0.2) is 0 Å². The molecule has 0 aromatic rings. The highest BCUT2D eigenvalue weighted by atomic mass is 16.5. The van der Waals surface area contributed by atoms with Crippen LogP contribution in [0.4, 0.5) is 4.79 Å². The second kappa shape index (κ2) is 4.20. The molecule has 1 unspecified atom stereocenters. The Morgan fingerprint density at radius 3 is 2.44 bits per heavy atom. The number of carbonyl (C=O) groups excluding carboxylic acids is 3. The number of imide groups is 2. The summed E-state index contributed by atoms with van der Waals surface area (Å²) >= 11 is 0. The molecule has 1 fully saturated rings. The molecule has 2 aliphatic rings. The quantitative estimate of drug-likeness (QED) is 0.433. The van der Waals surface area contributed by atoms with E-state index in [-0.39, 0.29) is 5.06 Å². The van der Waals surface area contributed by atoms with Gasteiger partial charge in [0.2, 0.25) is 5.91 Å². The number of carbonyl (C=O) groups is 3. The standard InChI is InChI=1S/C12H16N2O4/c1-12(8-6-4-3-5-7-8)9(15)13(2)11(17)14(18)10(12)16/h6,18H,3-5,7H2,1-2H3. The van der Waals surface area contributed by atoms with E-state index in [4.69, 9.17) is 0 Å². The van der Waals surface area contributed by atoms with Gasteiger partial charge < -0.3 is 0 Å². The van der Waals surface area contributed by atoms with Crippen LogP contribution in [0, 0.1) is 5.41 Å². The molecule has 1 saturated heterocycles. The van der Waals surface area contributed by atoms with Gasteiger partial charge in [-0.3, -0.25) is 19.7 Å². The maximum absolute atomic E-state index is 12.2. The van der Waals surface area contributed by atoms with Gasteiger partial charge in [-0.1, -0.05) is 6.08 Å². The Balaban J connectivity index is 2.46. The van der Waals surface area contributed by atoms with E-state index >= 15 is 0 Å². The molecular weight excluding hydrogens is 236 g/mol. The molecule has 2 rings (SSSR count). The zero-order chi connectivity index (χ0) is 13.5. The monoisotopic (exact) mass is 252 g/mol. The molecule has 4 amide bonds. The summed E-state index contributed by atoms with van der Waals surface area (Å²) in [6.45, 7) is 1.47. The third-order valence-electron chi connectivity index (χ3n) is 3.75. The number of allylic oxidation sites excluding steroid dienone is 1. The minimum atomic E-state index is -1.45. The third kappa shape index (κ3) is 1.56. The van der Waals surface area contributed by atoms with Gasteiger partial charge in [-0.2, -0.15) is 0 Å². The normalized spacial score (nSPS) is 29.7. The van der Waals surface area contributed by atoms with Crippen LogP contribution in [0.25, 0.3) is 0 Å². The minimum absolute atomic E-state index is 0.0385. The third-order valence-corrected chi connectivity index (χ3v) is 3.75. The Labute approximate surface area is 105 Å². The Bertz CT molecular complexity index is 431. The maximum atomic E-state index is 12.2. The Hall–Kier alpha value is -1.69. The molecule has 1 N–H and O–H groups in total. The van der Waals surface area contributed by atoms with Crippen LogP contribution in [0.1, 0.15) is 32.6 Å². The van der Waals surface area contributed by atoms with Crippen LogP contribution in [-0.2, 0) is 9.59 Å². The summed E-state index contributed by atoms with van der Waals surface area (Å²) in [6.07, 6.45) is 5.26. The van der Waals surface area contributed by atoms with Gasteiger partial charge in [-0.25, -0.2) is 4.79 Å². The van der Waals surface area contributed by atoms with E-state index in [1.54, 1.807) is 0 Å². The maximum Gasteiger partial charge on any atom is 0.357 e. The number of nitrogens with zero attached hydrogens (tertiary/aromatic N) is 2. The molecule has 0 bridgehead atoms. The first kappa shape index (κ1) is 12.8. The first-order valence-corrected chi connectivity index (χ1v) is 5.95. The van der Waals surface area contributed by atoms with Gasteiger partial charge in [0.25, 0.3) is 5.91 Å². The lowest BCUT2D eigenvalue weighted by atomic mass is 9.74. The molecule has 18 heavy (non-hydrogen) atoms. The van der Waals surface area contributed by atoms with Crippen molar-refractivity contribution >= 4 is 17.8 Å². The molecule has 1 atom stereocenters. The van der Waals surface area contributed by atoms with Gasteiger partial charge in [-0.05, 0) is 38.2 Å². The summed E-state index contributed by atoms with van der Waals surface area (Å²) in [5.41, 5.74) is -0.750. The lowest BCUT2D eigenvalue weighted by Gasteiger charge is -2.40. The van der Waals surface area contributed by atoms with Crippen LogP contribution >= 0.6 is 0 Å². The van der Waals surface area contributed by atoms with E-state index in [9.17, 15) is 19.6 Å². The molecular formula is C12H16N2O4. The molecule has 0 saturated carbocycles. The second-order valence-electron chi connectivity index (χ2n) is 4.86. The number of hydroxylamine groups is 2. The molecule has 0 radical (unpaired) electrons. The highest BCUT2D eigenvalue weighted by Gasteiger charge is 2.55. The van der Waals surface area contributed by atoms with Gasteiger partial charge >= 0.3 is 6.03 Å². The molecule has 1 heterocycles. The second-order valence-corrected chi connectivity index (χ2v) is 4.86. The average molecular weight is 252 g/mol. The molecule has 1 aliphatic heterocycles. The summed E-state index contributed by atoms with van der Waals surface area (Å²) in [6, 6.07) is -1.00. The first-order valence-electron chi connectivity index (χ1n) is 5.95. The first-order chi connectivity index (χ1) is 8.40. The molecule has 1 aliphatic carbocycles. The molecule has 6 nitrogen and oxygen atoms in total. The van der Waals surface area contributed by atoms with E-state index in [2.05, 4.69) is 0 Å². The fourth-order valence-electron chi connectivity index (χ4n) is 2.52. The number of urea groups is 1. The van der Waals surface area contributed by atoms with E-state index in [1.807, 2.05) is 6.08 Å². The van der Waals surface area contributed by atoms with Crippen molar-refractivity contribution in [2.24, 2.45) is 5.41 Å². The number of amides is 4. The molecule has 6 heteroatoms. The van der Waals surface area contributed by atoms with E-state index < -0.39 is 23.3 Å². The summed E-state index contributed by atoms with van der Waals surface area (Å²) in [4.78, 5) is 36.5. The largest absolute Gasteiger partial charge is 0.357 e. The summed E-state index contributed by atoms with van der Waals surface area (Å²) in [5.74, 6) is -1.43. The molecule has 0 spiro atoms. The number of barbiturate groups is 1. The van der Waals surface area contributed by atoms with Crippen molar-refractivity contribution in [3.63, 3.8) is 0 Å². The lowest BCUT2D eigenvalue weighted by molar-refractivity contribution is -0.176. The van der Waals surface area contributed by atoms with E-state index in [0.29, 0.717) is 12.0 Å². The van der Waals surface area contributed by atoms with Crippen LogP contribution in [-0.4, -0.2) is 40.1 Å². The van der Waals surface area contributed by atoms with Gasteiger partial charge in [0.1, 0.15) is 5.41 Å². The van der Waals surface area contributed by atoms with Crippen molar-refractivity contribution in [3.8, 4) is 0 Å². The Kier molecular flexibility index (Phi) is 2.98. The van der Waals surface area contributed by atoms with E-state index in [1.165, 1.54) is 14.0 Å². The topological polar surface area (TPSA) is 77.9 Å². The van der Waals surface area contributed by atoms with Crippen LogP contribution in [0.15, 0.2) is 11.6 Å². The highest BCUT2D eigenvalue weighted by Crippen LogP contribution is 2.39. The van der Waals surface area contributed by atoms with Crippen LogP contribution in [0.5, 0.6) is 0 Å². The van der Waals surface area contributed by atoms with Crippen molar-refractivity contribution < 1.29 is 19.6 Å². The zero-order valence-corrected chi connectivity index (χ0v) is 10.5. The molecule has 98 valence electrons. The number of hydrogen-bond donors (Lipinski definition) is 1. The van der Waals surface area contributed by atoms with Crippen molar-refractivity contribution in [3.05, 3.63) is 11.6 Å². The van der Waals surface area contributed by atoms with E-state index in [0.717, 1.165) is 24.2 Å². The summed E-state index contributed by atoms with van der Waals surface area (Å²) in [5, 5.41) is 9.55. The zero-order valence-electron chi connectivity index (χ0n) is 10.5. The minimum Gasteiger partial charge on any atom is -0.277 e. The molecule has 0 aromatic heterocycles. The van der Waals surface area contributed by atoms with Crippen LogP contribution in [0.2, 0.25) is 0 Å². The predicted octanol–water partition coefficient (Wildman–Crippen LogP) is 1.30. The van der Waals surface area contributed by atoms with Gasteiger partial charge in [0, 0.05) is 7.05 Å². The lowest BCUT2D eigenvalue weighted by Crippen LogP contribution is -2.62. The fraction of sp³-hybridized carbons (Fsp3) is 0.583. The number of hydrogen-bond acceptors (Lipinski definition) is 4. The van der Waals surface area contributed by atoms with Crippen molar-refractivity contribution in [2.75, 3.05) is 7.05 Å². The Morgan fingerprint density at radius 2 is 1.89 bits per heavy atom. The van der Waals surface area contributed by atoms with Crippen molar-refractivity contribution in [2.45, 2.75) is 32.6 Å². The van der Waals surface area contributed by atoms with Gasteiger partial charge in [0.05, 0.1) is 0 Å². The molecule has 0 aromatic carbocycles. The van der Waals surface area contributed by atoms with Gasteiger partial charge in [-0.15, -0.1) is 5.06 Å². The fourth-order valence-corrected chi connectivity index (χ4v) is 2.52. The highest BCUT2D eigenvalue weighted by molar-refractivity contribution is 6.19. The van der Waals surface area contributed by atoms with Crippen LogP contribution < -0.4 is 0 Å². The smallest absolute Gasteiger partial charge is 0.277 e. The Morgan fingerprint density at radius 1 is 1.22 bits per heavy atom. The average Bonchev–Trinajstić information content (AvgIpc) is 2.42. The van der Waals surface area contributed by atoms with Crippen LogP contribution in [0.3, 0.4) is 0 Å². The number of rotatable bonds is 1. The van der Waals surface area contributed by atoms with Crippen molar-refractivity contribution in [1.29, 1.82) is 0 Å². The predicted molar refractivity (Wildman–Crippen MR) is 61.5 cm³/mol. The SMILES string of the molecule is CN1C(=O)N(O)C(=O)C(C)(C2=CCCCC2)C1=O. The van der Waals surface area contributed by atoms with Crippen molar-refractivity contribution in [1.82, 2.24) is 9.96 Å².